The molecule has 1 aromatic heterocycles. The monoisotopic (exact) mass is 380 g/mol. The molecule has 1 aromatic carbocycles. The van der Waals surface area contributed by atoms with E-state index in [-0.39, 0.29) is 17.8 Å². The summed E-state index contributed by atoms with van der Waals surface area (Å²) in [6.45, 7) is 1.38. The minimum absolute atomic E-state index is 0.0266. The fraction of sp³-hybridized carbons (Fsp3) is 0.474. The first kappa shape index (κ1) is 19.4. The summed E-state index contributed by atoms with van der Waals surface area (Å²) in [4.78, 5) is 9.51. The number of ether oxygens (including phenoxy) is 1. The van der Waals surface area contributed by atoms with Crippen molar-refractivity contribution < 1.29 is 17.9 Å². The Morgan fingerprint density at radius 3 is 2.56 bits per heavy atom. The van der Waals surface area contributed by atoms with Crippen molar-refractivity contribution in [1.82, 2.24) is 9.97 Å². The molecule has 1 N–H and O–H groups in total. The van der Waals surface area contributed by atoms with Crippen LogP contribution in [-0.4, -0.2) is 37.3 Å². The van der Waals surface area contributed by atoms with Crippen LogP contribution in [0.5, 0.6) is 0 Å². The van der Waals surface area contributed by atoms with Gasteiger partial charge in [0, 0.05) is 33.4 Å². The summed E-state index contributed by atoms with van der Waals surface area (Å²) in [6, 6.07) is 10.4. The smallest absolute Gasteiger partial charge is 0.381 e. The van der Waals surface area contributed by atoms with Gasteiger partial charge < -0.3 is 15.0 Å². The highest BCUT2D eigenvalue weighted by Crippen LogP contribution is 2.32. The zero-order valence-electron chi connectivity index (χ0n) is 15.3. The van der Waals surface area contributed by atoms with Crippen molar-refractivity contribution in [2.24, 2.45) is 5.92 Å². The van der Waals surface area contributed by atoms with Gasteiger partial charge in [-0.25, -0.2) is 4.98 Å². The van der Waals surface area contributed by atoms with Gasteiger partial charge in [-0.15, -0.1) is 0 Å². The molecule has 1 saturated heterocycles. The van der Waals surface area contributed by atoms with E-state index in [0.717, 1.165) is 31.1 Å². The van der Waals surface area contributed by atoms with Crippen LogP contribution in [0, 0.1) is 5.92 Å². The summed E-state index contributed by atoms with van der Waals surface area (Å²) >= 11 is 0. The van der Waals surface area contributed by atoms with Gasteiger partial charge in [-0.2, -0.15) is 18.2 Å². The summed E-state index contributed by atoms with van der Waals surface area (Å²) < 4.78 is 45.2. The van der Waals surface area contributed by atoms with Crippen molar-refractivity contribution in [1.29, 1.82) is 0 Å². The Labute approximate surface area is 156 Å². The average molecular weight is 380 g/mol. The number of hydrogen-bond acceptors (Lipinski definition) is 5. The van der Waals surface area contributed by atoms with Crippen molar-refractivity contribution in [3.8, 4) is 0 Å². The molecule has 2 atom stereocenters. The number of aromatic nitrogens is 2. The summed E-state index contributed by atoms with van der Waals surface area (Å²) in [5.74, 6) is 0.527. The molecule has 5 nitrogen and oxygen atoms in total. The Bertz CT molecular complexity index is 746. The lowest BCUT2D eigenvalue weighted by Crippen LogP contribution is -2.21. The first-order chi connectivity index (χ1) is 12.8. The Morgan fingerprint density at radius 1 is 1.22 bits per heavy atom. The second-order valence-corrected chi connectivity index (χ2v) is 6.90. The van der Waals surface area contributed by atoms with Gasteiger partial charge in [0.1, 0.15) is 5.82 Å². The molecule has 0 bridgehead atoms. The molecule has 3 rings (SSSR count). The largest absolute Gasteiger partial charge is 0.433 e. The van der Waals surface area contributed by atoms with Gasteiger partial charge in [0.15, 0.2) is 5.69 Å². The molecule has 8 heteroatoms. The van der Waals surface area contributed by atoms with E-state index in [4.69, 9.17) is 4.74 Å². The van der Waals surface area contributed by atoms with Crippen molar-refractivity contribution in [2.75, 3.05) is 37.5 Å². The molecule has 0 saturated carbocycles. The lowest BCUT2D eigenvalue weighted by atomic mass is 9.94. The molecular formula is C19H23F3N4O. The van der Waals surface area contributed by atoms with Gasteiger partial charge in [-0.05, 0) is 24.3 Å². The maximum absolute atomic E-state index is 13.2. The molecule has 27 heavy (non-hydrogen) atoms. The molecular weight excluding hydrogens is 357 g/mol. The molecule has 0 aliphatic carbocycles. The predicted octanol–water partition coefficient (Wildman–Crippen LogP) is 4.14. The predicted molar refractivity (Wildman–Crippen MR) is 97.7 cm³/mol. The van der Waals surface area contributed by atoms with Crippen LogP contribution >= 0.6 is 0 Å². The number of benzene rings is 1. The van der Waals surface area contributed by atoms with E-state index in [0.29, 0.717) is 12.5 Å². The molecule has 1 fully saturated rings. The summed E-state index contributed by atoms with van der Waals surface area (Å²) in [5, 5.41) is 3.13. The number of anilines is 2. The zero-order valence-corrected chi connectivity index (χ0v) is 15.3. The standard InChI is InChI=1S/C19H23F3N4O/c1-26(2)17-11-16(19(20,21)22)24-18(25-17)23-15(10-13-8-9-27-12-13)14-6-4-3-5-7-14/h3-7,11,13,15H,8-10,12H2,1-2H3,(H,23,24,25). The first-order valence-electron chi connectivity index (χ1n) is 8.86. The normalized spacial score (nSPS) is 18.3. The van der Waals surface area contributed by atoms with Crippen LogP contribution in [0.2, 0.25) is 0 Å². The van der Waals surface area contributed by atoms with Gasteiger partial charge >= 0.3 is 6.18 Å². The fourth-order valence-corrected chi connectivity index (χ4v) is 3.10. The maximum atomic E-state index is 13.2. The van der Waals surface area contributed by atoms with E-state index in [1.807, 2.05) is 30.3 Å². The van der Waals surface area contributed by atoms with Crippen LogP contribution < -0.4 is 10.2 Å². The van der Waals surface area contributed by atoms with Gasteiger partial charge in [0.25, 0.3) is 0 Å². The van der Waals surface area contributed by atoms with Crippen LogP contribution in [0.25, 0.3) is 0 Å². The molecule has 2 aromatic rings. The SMILES string of the molecule is CN(C)c1cc(C(F)(F)F)nc(NC(CC2CCOC2)c2ccccc2)n1. The molecule has 2 heterocycles. The maximum Gasteiger partial charge on any atom is 0.433 e. The molecule has 0 spiro atoms. The van der Waals surface area contributed by atoms with Crippen molar-refractivity contribution in [2.45, 2.75) is 25.1 Å². The van der Waals surface area contributed by atoms with E-state index in [9.17, 15) is 13.2 Å². The number of alkyl halides is 3. The molecule has 1 aliphatic rings. The van der Waals surface area contributed by atoms with Gasteiger partial charge in [-0.1, -0.05) is 30.3 Å². The summed E-state index contributed by atoms with van der Waals surface area (Å²) in [7, 11) is 3.30. The number of nitrogens with zero attached hydrogens (tertiary/aromatic N) is 3. The second kappa shape index (κ2) is 8.12. The minimum Gasteiger partial charge on any atom is -0.381 e. The quantitative estimate of drug-likeness (QED) is 0.816. The first-order valence-corrected chi connectivity index (χ1v) is 8.86. The number of nitrogens with one attached hydrogen (secondary N) is 1. The highest BCUT2D eigenvalue weighted by Gasteiger charge is 2.34. The number of halogens is 3. The lowest BCUT2D eigenvalue weighted by molar-refractivity contribution is -0.141. The third kappa shape index (κ3) is 5.09. The lowest BCUT2D eigenvalue weighted by Gasteiger charge is -2.23. The van der Waals surface area contributed by atoms with E-state index in [2.05, 4.69) is 15.3 Å². The Kier molecular flexibility index (Phi) is 5.84. The third-order valence-electron chi connectivity index (χ3n) is 4.56. The van der Waals surface area contributed by atoms with Crippen molar-refractivity contribution in [3.63, 3.8) is 0 Å². The van der Waals surface area contributed by atoms with Crippen LogP contribution in [0.15, 0.2) is 36.4 Å². The molecule has 0 radical (unpaired) electrons. The molecule has 2 unspecified atom stereocenters. The van der Waals surface area contributed by atoms with Crippen molar-refractivity contribution >= 4 is 11.8 Å². The Hall–Kier alpha value is -2.35. The van der Waals surface area contributed by atoms with E-state index in [1.165, 1.54) is 4.90 Å². The van der Waals surface area contributed by atoms with Crippen LogP contribution in [0.3, 0.4) is 0 Å². The third-order valence-corrected chi connectivity index (χ3v) is 4.56. The topological polar surface area (TPSA) is 50.3 Å². The summed E-state index contributed by atoms with van der Waals surface area (Å²) in [6.07, 6.45) is -2.86. The van der Waals surface area contributed by atoms with Gasteiger partial charge in [0.05, 0.1) is 6.04 Å². The number of rotatable bonds is 6. The highest BCUT2D eigenvalue weighted by molar-refractivity contribution is 5.45. The van der Waals surface area contributed by atoms with Crippen LogP contribution in [-0.2, 0) is 10.9 Å². The highest BCUT2D eigenvalue weighted by atomic mass is 19.4. The van der Waals surface area contributed by atoms with E-state index < -0.39 is 11.9 Å². The summed E-state index contributed by atoms with van der Waals surface area (Å²) in [5.41, 5.74) is 0.0246. The van der Waals surface area contributed by atoms with E-state index >= 15 is 0 Å². The zero-order chi connectivity index (χ0) is 19.4. The van der Waals surface area contributed by atoms with Gasteiger partial charge in [-0.3, -0.25) is 0 Å². The average Bonchev–Trinajstić information content (AvgIpc) is 3.14. The Morgan fingerprint density at radius 2 is 1.96 bits per heavy atom. The van der Waals surface area contributed by atoms with E-state index in [1.54, 1.807) is 14.1 Å². The second-order valence-electron chi connectivity index (χ2n) is 6.90. The number of hydrogen-bond donors (Lipinski definition) is 1. The molecule has 1 aliphatic heterocycles. The van der Waals surface area contributed by atoms with Gasteiger partial charge in [0.2, 0.25) is 5.95 Å². The Balaban J connectivity index is 1.91. The van der Waals surface area contributed by atoms with Crippen LogP contribution in [0.1, 0.15) is 30.1 Å². The molecule has 0 amide bonds. The van der Waals surface area contributed by atoms with Crippen LogP contribution in [0.4, 0.5) is 24.9 Å². The van der Waals surface area contributed by atoms with Crippen molar-refractivity contribution in [3.05, 3.63) is 47.7 Å². The fourth-order valence-electron chi connectivity index (χ4n) is 3.10. The molecule has 146 valence electrons. The minimum atomic E-state index is -4.54.